The third-order valence-corrected chi connectivity index (χ3v) is 5.19. The van der Waals surface area contributed by atoms with Gasteiger partial charge in [0.15, 0.2) is 0 Å². The molecule has 1 saturated carbocycles. The fraction of sp³-hybridized carbons (Fsp3) is 0.647. The van der Waals surface area contributed by atoms with E-state index >= 15 is 0 Å². The fourth-order valence-corrected chi connectivity index (χ4v) is 3.75. The standard InChI is InChI=1S/C17H25N5O3/c1-12(23)21-5-7-22(8-6-21)15-4-2-3-14(16(15)24)20-17(25)13-9-18-11-19-10-13/h9-11,14-16,24H,2-8H2,1H3,(H,20,25)/t14-,15-,16-/m1/s1. The van der Waals surface area contributed by atoms with Crippen LogP contribution in [-0.4, -0.2) is 81.1 Å². The highest BCUT2D eigenvalue weighted by Crippen LogP contribution is 2.25. The summed E-state index contributed by atoms with van der Waals surface area (Å²) in [5.41, 5.74) is 0.395. The number of hydrogen-bond donors (Lipinski definition) is 2. The molecule has 2 fully saturated rings. The van der Waals surface area contributed by atoms with Crippen LogP contribution in [0.15, 0.2) is 18.7 Å². The molecule has 0 unspecified atom stereocenters. The minimum Gasteiger partial charge on any atom is -0.389 e. The molecule has 1 aromatic rings. The van der Waals surface area contributed by atoms with Crippen LogP contribution in [0.25, 0.3) is 0 Å². The lowest BCUT2D eigenvalue weighted by atomic mass is 9.86. The quantitative estimate of drug-likeness (QED) is 0.776. The monoisotopic (exact) mass is 347 g/mol. The molecular weight excluding hydrogens is 322 g/mol. The zero-order valence-corrected chi connectivity index (χ0v) is 14.5. The summed E-state index contributed by atoms with van der Waals surface area (Å²) in [4.78, 5) is 35.5. The van der Waals surface area contributed by atoms with Crippen LogP contribution in [-0.2, 0) is 4.79 Å². The van der Waals surface area contributed by atoms with Gasteiger partial charge in [0.25, 0.3) is 5.91 Å². The highest BCUT2D eigenvalue weighted by molar-refractivity contribution is 5.93. The lowest BCUT2D eigenvalue weighted by molar-refractivity contribution is -0.131. The second-order valence-electron chi connectivity index (χ2n) is 6.74. The molecule has 2 aliphatic rings. The molecule has 136 valence electrons. The van der Waals surface area contributed by atoms with E-state index in [2.05, 4.69) is 20.2 Å². The molecule has 8 heteroatoms. The van der Waals surface area contributed by atoms with Crippen molar-refractivity contribution in [2.45, 2.75) is 44.4 Å². The van der Waals surface area contributed by atoms with Crippen LogP contribution in [0, 0.1) is 0 Å². The number of nitrogens with one attached hydrogen (secondary N) is 1. The largest absolute Gasteiger partial charge is 0.389 e. The van der Waals surface area contributed by atoms with E-state index < -0.39 is 6.10 Å². The van der Waals surface area contributed by atoms with Gasteiger partial charge in [0, 0.05) is 51.5 Å². The lowest BCUT2D eigenvalue weighted by Gasteiger charge is -2.45. The van der Waals surface area contributed by atoms with Crippen molar-refractivity contribution in [2.75, 3.05) is 26.2 Å². The number of amides is 2. The number of aliphatic hydroxyl groups is 1. The molecule has 0 radical (unpaired) electrons. The topological polar surface area (TPSA) is 98.7 Å². The van der Waals surface area contributed by atoms with E-state index in [1.165, 1.54) is 18.7 Å². The van der Waals surface area contributed by atoms with E-state index in [-0.39, 0.29) is 23.9 Å². The summed E-state index contributed by atoms with van der Waals surface area (Å²) in [6.07, 6.45) is 6.30. The van der Waals surface area contributed by atoms with Crippen LogP contribution in [0.1, 0.15) is 36.5 Å². The molecule has 0 aromatic carbocycles. The Morgan fingerprint density at radius 3 is 2.48 bits per heavy atom. The maximum absolute atomic E-state index is 12.3. The first-order valence-electron chi connectivity index (χ1n) is 8.80. The first kappa shape index (κ1) is 17.8. The summed E-state index contributed by atoms with van der Waals surface area (Å²) in [7, 11) is 0. The number of nitrogens with zero attached hydrogens (tertiary/aromatic N) is 4. The van der Waals surface area contributed by atoms with Crippen molar-refractivity contribution in [1.82, 2.24) is 25.1 Å². The van der Waals surface area contributed by atoms with E-state index in [0.717, 1.165) is 32.4 Å². The van der Waals surface area contributed by atoms with E-state index in [1.807, 2.05) is 4.90 Å². The van der Waals surface area contributed by atoms with Crippen molar-refractivity contribution in [3.05, 3.63) is 24.3 Å². The predicted molar refractivity (Wildman–Crippen MR) is 90.8 cm³/mol. The van der Waals surface area contributed by atoms with Crippen LogP contribution >= 0.6 is 0 Å². The second-order valence-corrected chi connectivity index (χ2v) is 6.74. The van der Waals surface area contributed by atoms with E-state index in [9.17, 15) is 14.7 Å². The van der Waals surface area contributed by atoms with Crippen molar-refractivity contribution in [3.8, 4) is 0 Å². The molecule has 1 aliphatic carbocycles. The Bertz CT molecular complexity index is 604. The van der Waals surface area contributed by atoms with Gasteiger partial charge in [0.05, 0.1) is 17.7 Å². The SMILES string of the molecule is CC(=O)N1CCN([C@@H]2CCC[C@@H](NC(=O)c3cncnc3)[C@H]2O)CC1. The van der Waals surface area contributed by atoms with Gasteiger partial charge >= 0.3 is 0 Å². The smallest absolute Gasteiger partial charge is 0.254 e. The minimum atomic E-state index is -0.619. The predicted octanol–water partition coefficient (Wildman–Crippen LogP) is -0.347. The van der Waals surface area contributed by atoms with Crippen LogP contribution in [0.5, 0.6) is 0 Å². The Labute approximate surface area is 147 Å². The number of rotatable bonds is 3. The lowest BCUT2D eigenvalue weighted by Crippen LogP contribution is -2.60. The number of carbonyl (C=O) groups is 2. The van der Waals surface area contributed by atoms with Gasteiger partial charge in [0.2, 0.25) is 5.91 Å². The molecule has 3 atom stereocenters. The van der Waals surface area contributed by atoms with Gasteiger partial charge in [-0.25, -0.2) is 9.97 Å². The third-order valence-electron chi connectivity index (χ3n) is 5.19. The van der Waals surface area contributed by atoms with Gasteiger partial charge in [-0.05, 0) is 19.3 Å². The summed E-state index contributed by atoms with van der Waals surface area (Å²) in [5.74, 6) is -0.161. The molecule has 3 rings (SSSR count). The number of hydrogen-bond acceptors (Lipinski definition) is 6. The number of aliphatic hydroxyl groups excluding tert-OH is 1. The van der Waals surface area contributed by atoms with Gasteiger partial charge in [-0.15, -0.1) is 0 Å². The van der Waals surface area contributed by atoms with E-state index in [1.54, 1.807) is 6.92 Å². The Morgan fingerprint density at radius 1 is 1.16 bits per heavy atom. The first-order chi connectivity index (χ1) is 12.1. The van der Waals surface area contributed by atoms with Crippen molar-refractivity contribution >= 4 is 11.8 Å². The highest BCUT2D eigenvalue weighted by Gasteiger charge is 2.37. The van der Waals surface area contributed by atoms with Crippen LogP contribution in [0.4, 0.5) is 0 Å². The summed E-state index contributed by atoms with van der Waals surface area (Å²) < 4.78 is 0. The highest BCUT2D eigenvalue weighted by atomic mass is 16.3. The summed E-state index contributed by atoms with van der Waals surface area (Å²) in [6, 6.07) is -0.266. The molecule has 1 aliphatic heterocycles. The molecule has 0 spiro atoms. The molecule has 8 nitrogen and oxygen atoms in total. The van der Waals surface area contributed by atoms with Gasteiger partial charge in [-0.3, -0.25) is 14.5 Å². The minimum absolute atomic E-state index is 0.0141. The molecule has 1 aromatic heterocycles. The number of piperazine rings is 1. The van der Waals surface area contributed by atoms with Crippen LogP contribution < -0.4 is 5.32 Å². The average molecular weight is 347 g/mol. The van der Waals surface area contributed by atoms with E-state index in [0.29, 0.717) is 18.7 Å². The maximum Gasteiger partial charge on any atom is 0.254 e. The Hall–Kier alpha value is -2.06. The van der Waals surface area contributed by atoms with Crippen LogP contribution in [0.2, 0.25) is 0 Å². The Kier molecular flexibility index (Phi) is 5.60. The van der Waals surface area contributed by atoms with Gasteiger partial charge in [-0.1, -0.05) is 0 Å². The van der Waals surface area contributed by atoms with Crippen molar-refractivity contribution in [1.29, 1.82) is 0 Å². The number of carbonyl (C=O) groups excluding carboxylic acids is 2. The summed E-state index contributed by atoms with van der Waals surface area (Å²) in [5, 5.41) is 13.7. The normalized spacial score (nSPS) is 27.8. The van der Waals surface area contributed by atoms with E-state index in [4.69, 9.17) is 0 Å². The second kappa shape index (κ2) is 7.88. The van der Waals surface area contributed by atoms with Gasteiger partial charge in [0.1, 0.15) is 6.33 Å². The van der Waals surface area contributed by atoms with Crippen molar-refractivity contribution in [2.24, 2.45) is 0 Å². The molecule has 25 heavy (non-hydrogen) atoms. The summed E-state index contributed by atoms with van der Waals surface area (Å²) in [6.45, 7) is 4.49. The van der Waals surface area contributed by atoms with Crippen LogP contribution in [0.3, 0.4) is 0 Å². The molecule has 1 saturated heterocycles. The zero-order chi connectivity index (χ0) is 17.8. The fourth-order valence-electron chi connectivity index (χ4n) is 3.75. The zero-order valence-electron chi connectivity index (χ0n) is 14.5. The van der Waals surface area contributed by atoms with Gasteiger partial charge < -0.3 is 15.3 Å². The average Bonchev–Trinajstić information content (AvgIpc) is 2.64. The van der Waals surface area contributed by atoms with Gasteiger partial charge in [-0.2, -0.15) is 0 Å². The first-order valence-corrected chi connectivity index (χ1v) is 8.80. The summed E-state index contributed by atoms with van der Waals surface area (Å²) >= 11 is 0. The third kappa shape index (κ3) is 4.13. The Balaban J connectivity index is 1.59. The number of aromatic nitrogens is 2. The molecular formula is C17H25N5O3. The molecule has 2 amide bonds. The Morgan fingerprint density at radius 2 is 1.84 bits per heavy atom. The van der Waals surface area contributed by atoms with Crippen molar-refractivity contribution < 1.29 is 14.7 Å². The molecule has 2 N–H and O–H groups in total. The molecule has 2 heterocycles. The van der Waals surface area contributed by atoms with Crippen molar-refractivity contribution in [3.63, 3.8) is 0 Å². The maximum atomic E-state index is 12.3. The molecule has 0 bridgehead atoms.